The summed E-state index contributed by atoms with van der Waals surface area (Å²) in [5.41, 5.74) is 2.41. The Labute approximate surface area is 172 Å². The molecule has 0 fully saturated rings. The summed E-state index contributed by atoms with van der Waals surface area (Å²) in [6, 6.07) is 2.13. The number of aryl methyl sites for hydroxylation is 4. The number of hydrogen-bond donors (Lipinski definition) is 0. The molecule has 0 saturated heterocycles. The molecular weight excluding hydrogens is 372 g/mol. The van der Waals surface area contributed by atoms with Crippen LogP contribution in [0.3, 0.4) is 0 Å². The average Bonchev–Trinajstić information content (AvgIpc) is 3.30. The van der Waals surface area contributed by atoms with Gasteiger partial charge < -0.3 is 8.83 Å². The zero-order valence-corrected chi connectivity index (χ0v) is 19.2. The molecule has 0 spiro atoms. The van der Waals surface area contributed by atoms with Crippen molar-refractivity contribution in [3.63, 3.8) is 0 Å². The fourth-order valence-electron chi connectivity index (χ4n) is 2.01. The first kappa shape index (κ1) is 24.3. The molecule has 0 amide bonds. The van der Waals surface area contributed by atoms with Crippen molar-refractivity contribution in [3.8, 4) is 0 Å². The fourth-order valence-corrected chi connectivity index (χ4v) is 2.01. The van der Waals surface area contributed by atoms with E-state index in [2.05, 4.69) is 47.2 Å². The monoisotopic (exact) mass is 406 g/mol. The highest BCUT2D eigenvalue weighted by Crippen LogP contribution is 2.12. The van der Waals surface area contributed by atoms with Gasteiger partial charge in [-0.3, -0.25) is 4.68 Å². The summed E-state index contributed by atoms with van der Waals surface area (Å²) < 4.78 is 13.0. The topological polar surface area (TPSA) is 105 Å². The Balaban J connectivity index is 0.000000218. The zero-order valence-electron chi connectivity index (χ0n) is 19.2. The van der Waals surface area contributed by atoms with Gasteiger partial charge in [0, 0.05) is 38.5 Å². The summed E-state index contributed by atoms with van der Waals surface area (Å²) >= 11 is 0. The first-order chi connectivity index (χ1) is 13.4. The van der Waals surface area contributed by atoms with Gasteiger partial charge in [0.2, 0.25) is 17.7 Å². The lowest BCUT2D eigenvalue weighted by Gasteiger charge is -1.95. The molecule has 0 aliphatic heterocycles. The Hall–Kier alpha value is -2.71. The average molecular weight is 407 g/mol. The van der Waals surface area contributed by atoms with E-state index in [-0.39, 0.29) is 5.92 Å². The highest BCUT2D eigenvalue weighted by atomic mass is 16.4. The van der Waals surface area contributed by atoms with E-state index in [1.165, 1.54) is 16.1 Å². The molecule has 9 heteroatoms. The Morgan fingerprint density at radius 3 is 1.59 bits per heavy atom. The largest absolute Gasteiger partial charge is 0.436 e. The Bertz CT molecular complexity index is 911. The van der Waals surface area contributed by atoms with Gasteiger partial charge >= 0.3 is 5.76 Å². The van der Waals surface area contributed by atoms with Gasteiger partial charge in [0.1, 0.15) is 0 Å². The lowest BCUT2D eigenvalue weighted by atomic mass is 10.1. The minimum absolute atomic E-state index is 0.175. The van der Waals surface area contributed by atoms with Crippen molar-refractivity contribution in [1.29, 1.82) is 0 Å². The third kappa shape index (κ3) is 7.67. The molecule has 9 nitrogen and oxygen atoms in total. The second-order valence-electron chi connectivity index (χ2n) is 7.79. The van der Waals surface area contributed by atoms with Gasteiger partial charge in [0.25, 0.3) is 0 Å². The van der Waals surface area contributed by atoms with Crippen LogP contribution in [0.15, 0.2) is 19.7 Å². The van der Waals surface area contributed by atoms with E-state index in [1.807, 2.05) is 39.4 Å². The molecule has 162 valence electrons. The van der Waals surface area contributed by atoms with Crippen molar-refractivity contribution < 1.29 is 8.83 Å². The van der Waals surface area contributed by atoms with Crippen LogP contribution < -0.4 is 5.76 Å². The molecule has 3 aromatic heterocycles. The van der Waals surface area contributed by atoms with Crippen LogP contribution >= 0.6 is 0 Å². The quantitative estimate of drug-likeness (QED) is 0.650. The number of hydrogen-bond acceptors (Lipinski definition) is 7. The van der Waals surface area contributed by atoms with Crippen LogP contribution in [0.5, 0.6) is 0 Å². The van der Waals surface area contributed by atoms with Gasteiger partial charge in [-0.15, -0.1) is 15.3 Å². The van der Waals surface area contributed by atoms with Crippen LogP contribution in [0.4, 0.5) is 0 Å². The molecule has 0 saturated carbocycles. The van der Waals surface area contributed by atoms with Crippen molar-refractivity contribution in [2.45, 2.75) is 73.1 Å². The highest BCUT2D eigenvalue weighted by molar-refractivity contribution is 5.11. The van der Waals surface area contributed by atoms with Crippen molar-refractivity contribution >= 4 is 0 Å². The van der Waals surface area contributed by atoms with Gasteiger partial charge in [0.15, 0.2) is 0 Å². The maximum absolute atomic E-state index is 10.7. The van der Waals surface area contributed by atoms with Crippen molar-refractivity contribution in [1.82, 2.24) is 29.8 Å². The lowest BCUT2D eigenvalue weighted by molar-refractivity contribution is 0.437. The zero-order chi connectivity index (χ0) is 22.3. The van der Waals surface area contributed by atoms with Crippen LogP contribution in [0.25, 0.3) is 0 Å². The SMILES string of the molecule is CC(C)c1nn(C)c(=O)o1.Cc1cc(C(C)C)nn1C.Cc1nnc(C(C)C)o1. The molecule has 0 unspecified atom stereocenters. The second kappa shape index (κ2) is 10.7. The molecule has 0 N–H and O–H groups in total. The summed E-state index contributed by atoms with van der Waals surface area (Å²) in [6.45, 7) is 16.1. The molecule has 3 rings (SSSR count). The molecule has 0 radical (unpaired) electrons. The van der Waals surface area contributed by atoms with E-state index in [4.69, 9.17) is 8.83 Å². The van der Waals surface area contributed by atoms with Crippen molar-refractivity contribution in [3.05, 3.63) is 45.7 Å². The van der Waals surface area contributed by atoms with Gasteiger partial charge in [-0.05, 0) is 18.9 Å². The van der Waals surface area contributed by atoms with E-state index in [0.29, 0.717) is 29.5 Å². The van der Waals surface area contributed by atoms with Crippen LogP contribution in [0, 0.1) is 13.8 Å². The van der Waals surface area contributed by atoms with Crippen molar-refractivity contribution in [2.24, 2.45) is 14.1 Å². The standard InChI is InChI=1S/C8H14N2.C6H10N2O2.C6H10N2O/c1-6(2)8-5-7(3)10(4)9-8;1-4(2)5-7-8(3)6(9)10-5;1-4(2)6-8-7-5(3)9-6/h5-6H,1-4H3;4H,1-3H3;4H,1-3H3. The van der Waals surface area contributed by atoms with Crippen molar-refractivity contribution in [2.75, 3.05) is 0 Å². The molecule has 0 aliphatic rings. The first-order valence-electron chi connectivity index (χ1n) is 9.76. The molecule has 3 aromatic rings. The van der Waals surface area contributed by atoms with Crippen LogP contribution in [0.1, 0.15) is 88.4 Å². The van der Waals surface area contributed by atoms with E-state index in [0.717, 1.165) is 0 Å². The number of nitrogens with zero attached hydrogens (tertiary/aromatic N) is 6. The minimum atomic E-state index is -0.399. The summed E-state index contributed by atoms with van der Waals surface area (Å²) in [5, 5.41) is 15.7. The van der Waals surface area contributed by atoms with Gasteiger partial charge in [-0.25, -0.2) is 4.79 Å². The lowest BCUT2D eigenvalue weighted by Crippen LogP contribution is -2.09. The minimum Gasteiger partial charge on any atom is -0.425 e. The van der Waals surface area contributed by atoms with Crippen LogP contribution in [0.2, 0.25) is 0 Å². The van der Waals surface area contributed by atoms with Crippen LogP contribution in [-0.2, 0) is 14.1 Å². The highest BCUT2D eigenvalue weighted by Gasteiger charge is 2.07. The van der Waals surface area contributed by atoms with E-state index >= 15 is 0 Å². The molecule has 0 bridgehead atoms. The van der Waals surface area contributed by atoms with E-state index in [9.17, 15) is 4.79 Å². The number of rotatable bonds is 3. The Morgan fingerprint density at radius 2 is 1.38 bits per heavy atom. The Morgan fingerprint density at radius 1 is 0.793 bits per heavy atom. The maximum atomic E-state index is 10.7. The number of aromatic nitrogens is 6. The summed E-state index contributed by atoms with van der Waals surface area (Å²) in [4.78, 5) is 10.7. The molecule has 0 aromatic carbocycles. The molecular formula is C20H34N6O3. The first-order valence-corrected chi connectivity index (χ1v) is 9.76. The third-order valence-corrected chi connectivity index (χ3v) is 3.96. The summed E-state index contributed by atoms with van der Waals surface area (Å²) in [5.74, 6) is 2.50. The van der Waals surface area contributed by atoms with E-state index in [1.54, 1.807) is 14.0 Å². The second-order valence-corrected chi connectivity index (χ2v) is 7.79. The maximum Gasteiger partial charge on any atom is 0.436 e. The van der Waals surface area contributed by atoms with E-state index < -0.39 is 5.76 Å². The molecule has 0 atom stereocenters. The predicted octanol–water partition coefficient (Wildman–Crippen LogP) is 3.85. The van der Waals surface area contributed by atoms with Crippen LogP contribution in [-0.4, -0.2) is 29.8 Å². The molecule has 3 heterocycles. The van der Waals surface area contributed by atoms with Gasteiger partial charge in [-0.2, -0.15) is 9.78 Å². The smallest absolute Gasteiger partial charge is 0.425 e. The van der Waals surface area contributed by atoms with Gasteiger partial charge in [-0.1, -0.05) is 41.5 Å². The summed E-state index contributed by atoms with van der Waals surface area (Å²) in [7, 11) is 3.54. The molecule has 29 heavy (non-hydrogen) atoms. The fraction of sp³-hybridized carbons (Fsp3) is 0.650. The predicted molar refractivity (Wildman–Crippen MR) is 111 cm³/mol. The normalized spacial score (nSPS) is 10.8. The molecule has 0 aliphatic carbocycles. The summed E-state index contributed by atoms with van der Waals surface area (Å²) in [6.07, 6.45) is 0. The third-order valence-electron chi connectivity index (χ3n) is 3.96. The Kier molecular flexibility index (Phi) is 9.00. The van der Waals surface area contributed by atoms with Gasteiger partial charge in [0.05, 0.1) is 5.69 Å².